The molecule has 3 aromatic rings. The molecule has 25 heavy (non-hydrogen) atoms. The SMILES string of the molecule is Cc1ccc(Nc2cncc(C(=O)Nc3cccc(Br)c3)c2)c(C)c1. The van der Waals surface area contributed by atoms with E-state index in [1.807, 2.05) is 43.3 Å². The van der Waals surface area contributed by atoms with Crippen LogP contribution in [0.25, 0.3) is 0 Å². The number of anilines is 3. The highest BCUT2D eigenvalue weighted by Crippen LogP contribution is 2.22. The Labute approximate surface area is 155 Å². The van der Waals surface area contributed by atoms with Gasteiger partial charge in [-0.1, -0.05) is 39.7 Å². The topological polar surface area (TPSA) is 54.0 Å². The van der Waals surface area contributed by atoms with Crippen molar-refractivity contribution in [1.82, 2.24) is 4.98 Å². The van der Waals surface area contributed by atoms with E-state index in [1.54, 1.807) is 18.5 Å². The molecule has 4 nitrogen and oxygen atoms in total. The van der Waals surface area contributed by atoms with Gasteiger partial charge in [0, 0.05) is 22.0 Å². The Morgan fingerprint density at radius 2 is 1.84 bits per heavy atom. The van der Waals surface area contributed by atoms with Crippen LogP contribution in [-0.2, 0) is 0 Å². The van der Waals surface area contributed by atoms with Gasteiger partial charge < -0.3 is 10.6 Å². The molecule has 2 aromatic carbocycles. The number of nitrogens with one attached hydrogen (secondary N) is 2. The first-order valence-electron chi connectivity index (χ1n) is 7.87. The van der Waals surface area contributed by atoms with E-state index in [9.17, 15) is 4.79 Å². The van der Waals surface area contributed by atoms with Crippen LogP contribution in [0.5, 0.6) is 0 Å². The Balaban J connectivity index is 1.77. The molecule has 0 aliphatic heterocycles. The molecule has 0 spiro atoms. The molecule has 0 atom stereocenters. The van der Waals surface area contributed by atoms with Crippen LogP contribution in [0.1, 0.15) is 21.5 Å². The van der Waals surface area contributed by atoms with Crippen molar-refractivity contribution >= 4 is 38.9 Å². The van der Waals surface area contributed by atoms with Gasteiger partial charge in [0.15, 0.2) is 0 Å². The summed E-state index contributed by atoms with van der Waals surface area (Å²) >= 11 is 3.40. The first-order valence-corrected chi connectivity index (χ1v) is 8.67. The quantitative estimate of drug-likeness (QED) is 0.616. The average molecular weight is 396 g/mol. The lowest BCUT2D eigenvalue weighted by Crippen LogP contribution is -2.12. The van der Waals surface area contributed by atoms with Gasteiger partial charge in [-0.05, 0) is 49.7 Å². The van der Waals surface area contributed by atoms with Gasteiger partial charge in [-0.25, -0.2) is 0 Å². The number of halogens is 1. The van der Waals surface area contributed by atoms with Crippen molar-refractivity contribution in [3.05, 3.63) is 82.1 Å². The van der Waals surface area contributed by atoms with Crippen molar-refractivity contribution in [1.29, 1.82) is 0 Å². The molecule has 0 bridgehead atoms. The smallest absolute Gasteiger partial charge is 0.257 e. The zero-order valence-corrected chi connectivity index (χ0v) is 15.6. The first-order chi connectivity index (χ1) is 12.0. The molecule has 0 radical (unpaired) electrons. The Morgan fingerprint density at radius 3 is 2.60 bits per heavy atom. The second-order valence-electron chi connectivity index (χ2n) is 5.87. The van der Waals surface area contributed by atoms with Crippen LogP contribution in [-0.4, -0.2) is 10.9 Å². The highest BCUT2D eigenvalue weighted by molar-refractivity contribution is 9.10. The number of rotatable bonds is 4. The molecule has 1 aromatic heterocycles. The standard InChI is InChI=1S/C20H18BrN3O/c1-13-6-7-19(14(2)8-13)23-18-9-15(11-22-12-18)20(25)24-17-5-3-4-16(21)10-17/h3-12,23H,1-2H3,(H,24,25). The number of aromatic nitrogens is 1. The van der Waals surface area contributed by atoms with Gasteiger partial charge in [0.1, 0.15) is 0 Å². The number of pyridine rings is 1. The number of hydrogen-bond acceptors (Lipinski definition) is 3. The molecule has 2 N–H and O–H groups in total. The number of nitrogens with zero attached hydrogens (tertiary/aromatic N) is 1. The molecule has 0 fully saturated rings. The summed E-state index contributed by atoms with van der Waals surface area (Å²) in [4.78, 5) is 16.6. The third kappa shape index (κ3) is 4.45. The summed E-state index contributed by atoms with van der Waals surface area (Å²) in [7, 11) is 0. The van der Waals surface area contributed by atoms with E-state index in [2.05, 4.69) is 44.5 Å². The summed E-state index contributed by atoms with van der Waals surface area (Å²) in [6.45, 7) is 4.11. The molecule has 3 rings (SSSR count). The highest BCUT2D eigenvalue weighted by atomic mass is 79.9. The number of carbonyl (C=O) groups excluding carboxylic acids is 1. The summed E-state index contributed by atoms with van der Waals surface area (Å²) in [5.41, 5.74) is 5.35. The summed E-state index contributed by atoms with van der Waals surface area (Å²) in [5, 5.41) is 6.19. The second kappa shape index (κ2) is 7.49. The first kappa shape index (κ1) is 17.2. The van der Waals surface area contributed by atoms with E-state index in [1.165, 1.54) is 5.56 Å². The molecule has 0 unspecified atom stereocenters. The Hall–Kier alpha value is -2.66. The molecule has 0 saturated heterocycles. The number of amides is 1. The summed E-state index contributed by atoms with van der Waals surface area (Å²) < 4.78 is 0.911. The minimum absolute atomic E-state index is 0.199. The third-order valence-electron chi connectivity index (χ3n) is 3.74. The number of benzene rings is 2. The molecule has 1 heterocycles. The van der Waals surface area contributed by atoms with Crippen molar-refractivity contribution in [3.63, 3.8) is 0 Å². The van der Waals surface area contributed by atoms with E-state index in [0.717, 1.165) is 27.1 Å². The lowest BCUT2D eigenvalue weighted by molar-refractivity contribution is 0.102. The van der Waals surface area contributed by atoms with E-state index >= 15 is 0 Å². The van der Waals surface area contributed by atoms with E-state index < -0.39 is 0 Å². The van der Waals surface area contributed by atoms with E-state index in [-0.39, 0.29) is 5.91 Å². The number of aryl methyl sites for hydroxylation is 2. The minimum Gasteiger partial charge on any atom is -0.354 e. The Kier molecular flexibility index (Phi) is 5.14. The lowest BCUT2D eigenvalue weighted by atomic mass is 10.1. The lowest BCUT2D eigenvalue weighted by Gasteiger charge is -2.11. The average Bonchev–Trinajstić information content (AvgIpc) is 2.58. The van der Waals surface area contributed by atoms with Gasteiger partial charge >= 0.3 is 0 Å². The van der Waals surface area contributed by atoms with Crippen molar-refractivity contribution in [2.45, 2.75) is 13.8 Å². The largest absolute Gasteiger partial charge is 0.354 e. The van der Waals surface area contributed by atoms with Crippen LogP contribution < -0.4 is 10.6 Å². The molecule has 0 aliphatic carbocycles. The maximum absolute atomic E-state index is 12.4. The normalized spacial score (nSPS) is 10.4. The van der Waals surface area contributed by atoms with Crippen LogP contribution in [0.2, 0.25) is 0 Å². The predicted octanol–water partition coefficient (Wildman–Crippen LogP) is 5.46. The minimum atomic E-state index is -0.199. The third-order valence-corrected chi connectivity index (χ3v) is 4.24. The molecule has 5 heteroatoms. The maximum atomic E-state index is 12.4. The summed E-state index contributed by atoms with van der Waals surface area (Å²) in [6, 6.07) is 15.4. The number of hydrogen-bond donors (Lipinski definition) is 2. The second-order valence-corrected chi connectivity index (χ2v) is 6.79. The van der Waals surface area contributed by atoms with Crippen molar-refractivity contribution in [2.75, 3.05) is 10.6 Å². The molecule has 126 valence electrons. The van der Waals surface area contributed by atoms with E-state index in [0.29, 0.717) is 5.56 Å². The van der Waals surface area contributed by atoms with Crippen LogP contribution in [0, 0.1) is 13.8 Å². The zero-order valence-electron chi connectivity index (χ0n) is 14.0. The number of carbonyl (C=O) groups is 1. The Bertz CT molecular complexity index is 924. The van der Waals surface area contributed by atoms with E-state index in [4.69, 9.17) is 0 Å². The Morgan fingerprint density at radius 1 is 1.00 bits per heavy atom. The van der Waals surface area contributed by atoms with Crippen molar-refractivity contribution < 1.29 is 4.79 Å². The fourth-order valence-electron chi connectivity index (χ4n) is 2.51. The van der Waals surface area contributed by atoms with Gasteiger partial charge in [-0.2, -0.15) is 0 Å². The van der Waals surface area contributed by atoms with Crippen LogP contribution in [0.4, 0.5) is 17.1 Å². The van der Waals surface area contributed by atoms with Gasteiger partial charge in [-0.3, -0.25) is 9.78 Å². The highest BCUT2D eigenvalue weighted by Gasteiger charge is 2.08. The van der Waals surface area contributed by atoms with Gasteiger partial charge in [-0.15, -0.1) is 0 Å². The molecular weight excluding hydrogens is 378 g/mol. The molecule has 1 amide bonds. The molecule has 0 aliphatic rings. The van der Waals surface area contributed by atoms with Gasteiger partial charge in [0.25, 0.3) is 5.91 Å². The van der Waals surface area contributed by atoms with Crippen LogP contribution in [0.15, 0.2) is 65.4 Å². The van der Waals surface area contributed by atoms with Crippen LogP contribution in [0.3, 0.4) is 0 Å². The van der Waals surface area contributed by atoms with Gasteiger partial charge in [0.05, 0.1) is 17.4 Å². The predicted molar refractivity (Wildman–Crippen MR) is 106 cm³/mol. The summed E-state index contributed by atoms with van der Waals surface area (Å²) in [5.74, 6) is -0.199. The fourth-order valence-corrected chi connectivity index (χ4v) is 2.91. The summed E-state index contributed by atoms with van der Waals surface area (Å²) in [6.07, 6.45) is 3.26. The van der Waals surface area contributed by atoms with Gasteiger partial charge in [0.2, 0.25) is 0 Å². The monoisotopic (exact) mass is 395 g/mol. The molecule has 0 saturated carbocycles. The molecular formula is C20H18BrN3O. The van der Waals surface area contributed by atoms with Crippen molar-refractivity contribution in [2.24, 2.45) is 0 Å². The van der Waals surface area contributed by atoms with Crippen molar-refractivity contribution in [3.8, 4) is 0 Å². The maximum Gasteiger partial charge on any atom is 0.257 e. The fraction of sp³-hybridized carbons (Fsp3) is 0.100. The zero-order chi connectivity index (χ0) is 17.8. The van der Waals surface area contributed by atoms with Crippen LogP contribution >= 0.6 is 15.9 Å².